The smallest absolute Gasteiger partial charge is 0.131 e. The Kier molecular flexibility index (Phi) is 4.47. The van der Waals surface area contributed by atoms with Gasteiger partial charge in [0.2, 0.25) is 0 Å². The highest BCUT2D eigenvalue weighted by Gasteiger charge is 2.19. The van der Waals surface area contributed by atoms with E-state index in [1.54, 1.807) is 31.6 Å². The molecule has 100 valence electrons. The number of halogens is 1. The number of ether oxygens (including phenoxy) is 1. The van der Waals surface area contributed by atoms with E-state index in [0.29, 0.717) is 17.7 Å². The van der Waals surface area contributed by atoms with Crippen LogP contribution in [-0.2, 0) is 6.42 Å². The number of likely N-dealkylation sites (N-methyl/N-ethyl adjacent to an activating group) is 1. The maximum Gasteiger partial charge on any atom is 0.131 e. The van der Waals surface area contributed by atoms with Gasteiger partial charge in [0, 0.05) is 24.0 Å². The van der Waals surface area contributed by atoms with Crippen LogP contribution in [0.2, 0.25) is 0 Å². The van der Waals surface area contributed by atoms with Crippen LogP contribution in [0.5, 0.6) is 5.75 Å². The molecule has 0 spiro atoms. The normalized spacial score (nSPS) is 12.2. The van der Waals surface area contributed by atoms with Gasteiger partial charge in [-0.1, -0.05) is 12.1 Å². The second-order valence-electron chi connectivity index (χ2n) is 4.26. The Morgan fingerprint density at radius 3 is 2.79 bits per heavy atom. The fourth-order valence-electron chi connectivity index (χ4n) is 2.14. The van der Waals surface area contributed by atoms with Crippen molar-refractivity contribution in [3.05, 3.63) is 59.7 Å². The maximum absolute atomic E-state index is 14.0. The van der Waals surface area contributed by atoms with Gasteiger partial charge in [-0.2, -0.15) is 0 Å². The van der Waals surface area contributed by atoms with Gasteiger partial charge in [-0.15, -0.1) is 0 Å². The van der Waals surface area contributed by atoms with E-state index in [-0.39, 0.29) is 11.9 Å². The molecule has 0 fully saturated rings. The fraction of sp³-hybridized carbons (Fsp3) is 0.267. The molecule has 0 bridgehead atoms. The molecule has 0 saturated carbocycles. The molecule has 0 aliphatic heterocycles. The van der Waals surface area contributed by atoms with Crippen molar-refractivity contribution in [3.63, 3.8) is 0 Å². The number of nitrogens with one attached hydrogen (secondary N) is 1. The van der Waals surface area contributed by atoms with Gasteiger partial charge >= 0.3 is 0 Å². The summed E-state index contributed by atoms with van der Waals surface area (Å²) in [7, 11) is 3.36. The largest absolute Gasteiger partial charge is 0.496 e. The van der Waals surface area contributed by atoms with E-state index in [0.717, 1.165) is 5.56 Å². The second kappa shape index (κ2) is 6.29. The molecular weight excluding hydrogens is 243 g/mol. The SMILES string of the molecule is CNC(Cc1cccnc1)c1c(F)cccc1OC. The first-order valence-electron chi connectivity index (χ1n) is 6.14. The van der Waals surface area contributed by atoms with Crippen LogP contribution in [0, 0.1) is 5.82 Å². The monoisotopic (exact) mass is 260 g/mol. The highest BCUT2D eigenvalue weighted by Crippen LogP contribution is 2.29. The van der Waals surface area contributed by atoms with Crippen LogP contribution in [0.25, 0.3) is 0 Å². The molecular formula is C15H17FN2O. The Labute approximate surface area is 112 Å². The number of methoxy groups -OCH3 is 1. The van der Waals surface area contributed by atoms with Crippen LogP contribution in [-0.4, -0.2) is 19.1 Å². The average molecular weight is 260 g/mol. The van der Waals surface area contributed by atoms with E-state index in [4.69, 9.17) is 4.74 Å². The number of benzene rings is 1. The van der Waals surface area contributed by atoms with Crippen molar-refractivity contribution in [1.82, 2.24) is 10.3 Å². The zero-order valence-electron chi connectivity index (χ0n) is 11.1. The van der Waals surface area contributed by atoms with Crippen molar-refractivity contribution >= 4 is 0 Å². The minimum absolute atomic E-state index is 0.152. The lowest BCUT2D eigenvalue weighted by molar-refractivity contribution is 0.393. The summed E-state index contributed by atoms with van der Waals surface area (Å²) in [5, 5.41) is 3.13. The lowest BCUT2D eigenvalue weighted by Gasteiger charge is -2.20. The zero-order valence-corrected chi connectivity index (χ0v) is 11.1. The molecule has 1 N–H and O–H groups in total. The Morgan fingerprint density at radius 2 is 2.16 bits per heavy atom. The van der Waals surface area contributed by atoms with Crippen molar-refractivity contribution in [2.75, 3.05) is 14.2 Å². The molecule has 0 aliphatic carbocycles. The maximum atomic E-state index is 14.0. The summed E-state index contributed by atoms with van der Waals surface area (Å²) in [5.74, 6) is 0.297. The van der Waals surface area contributed by atoms with Crippen molar-refractivity contribution < 1.29 is 9.13 Å². The standard InChI is InChI=1S/C15H17FN2O/c1-17-13(9-11-5-4-8-18-10-11)15-12(16)6-3-7-14(15)19-2/h3-8,10,13,17H,9H2,1-2H3. The van der Waals surface area contributed by atoms with Gasteiger partial charge in [-0.05, 0) is 37.2 Å². The molecule has 4 heteroatoms. The second-order valence-corrected chi connectivity index (χ2v) is 4.26. The molecule has 2 rings (SSSR count). The van der Waals surface area contributed by atoms with Gasteiger partial charge in [-0.3, -0.25) is 4.98 Å². The number of hydrogen-bond acceptors (Lipinski definition) is 3. The molecule has 1 atom stereocenters. The molecule has 2 aromatic rings. The first-order chi connectivity index (χ1) is 9.26. The highest BCUT2D eigenvalue weighted by atomic mass is 19.1. The van der Waals surface area contributed by atoms with Crippen LogP contribution >= 0.6 is 0 Å². The first kappa shape index (κ1) is 13.5. The summed E-state index contributed by atoms with van der Waals surface area (Å²) in [6.45, 7) is 0. The third kappa shape index (κ3) is 3.09. The summed E-state index contributed by atoms with van der Waals surface area (Å²) < 4.78 is 19.3. The topological polar surface area (TPSA) is 34.2 Å². The van der Waals surface area contributed by atoms with Crippen LogP contribution in [0.1, 0.15) is 17.2 Å². The van der Waals surface area contributed by atoms with E-state index in [2.05, 4.69) is 10.3 Å². The average Bonchev–Trinajstić information content (AvgIpc) is 2.46. The summed E-state index contributed by atoms with van der Waals surface area (Å²) in [6.07, 6.45) is 4.17. The predicted molar refractivity (Wildman–Crippen MR) is 72.7 cm³/mol. The third-order valence-corrected chi connectivity index (χ3v) is 3.09. The van der Waals surface area contributed by atoms with E-state index in [1.807, 2.05) is 19.2 Å². The van der Waals surface area contributed by atoms with E-state index < -0.39 is 0 Å². The van der Waals surface area contributed by atoms with Crippen LogP contribution in [0.3, 0.4) is 0 Å². The lowest BCUT2D eigenvalue weighted by atomic mass is 9.98. The summed E-state index contributed by atoms with van der Waals surface area (Å²) in [4.78, 5) is 4.08. The van der Waals surface area contributed by atoms with Gasteiger partial charge in [0.1, 0.15) is 11.6 Å². The van der Waals surface area contributed by atoms with Gasteiger partial charge in [0.15, 0.2) is 0 Å². The van der Waals surface area contributed by atoms with Gasteiger partial charge < -0.3 is 10.1 Å². The van der Waals surface area contributed by atoms with Crippen molar-refractivity contribution in [2.24, 2.45) is 0 Å². The quantitative estimate of drug-likeness (QED) is 0.897. The molecule has 19 heavy (non-hydrogen) atoms. The molecule has 0 aliphatic rings. The Balaban J connectivity index is 2.32. The molecule has 0 radical (unpaired) electrons. The minimum atomic E-state index is -0.261. The Morgan fingerprint density at radius 1 is 1.32 bits per heavy atom. The molecule has 1 aromatic carbocycles. The summed E-state index contributed by atoms with van der Waals surface area (Å²) in [5.41, 5.74) is 1.60. The fourth-order valence-corrected chi connectivity index (χ4v) is 2.14. The highest BCUT2D eigenvalue weighted by molar-refractivity contribution is 5.38. The molecule has 0 amide bonds. The predicted octanol–water partition coefficient (Wildman–Crippen LogP) is 2.73. The zero-order chi connectivity index (χ0) is 13.7. The third-order valence-electron chi connectivity index (χ3n) is 3.09. The molecule has 1 unspecified atom stereocenters. The van der Waals surface area contributed by atoms with Crippen molar-refractivity contribution in [2.45, 2.75) is 12.5 Å². The molecule has 0 saturated heterocycles. The van der Waals surface area contributed by atoms with Gasteiger partial charge in [-0.25, -0.2) is 4.39 Å². The van der Waals surface area contributed by atoms with Crippen molar-refractivity contribution in [3.8, 4) is 5.75 Å². The van der Waals surface area contributed by atoms with Crippen LogP contribution in [0.4, 0.5) is 4.39 Å². The minimum Gasteiger partial charge on any atom is -0.496 e. The Hall–Kier alpha value is -1.94. The summed E-state index contributed by atoms with van der Waals surface area (Å²) in [6, 6.07) is 8.57. The number of rotatable bonds is 5. The van der Waals surface area contributed by atoms with Crippen LogP contribution < -0.4 is 10.1 Å². The van der Waals surface area contributed by atoms with E-state index in [9.17, 15) is 4.39 Å². The van der Waals surface area contributed by atoms with Gasteiger partial charge in [0.25, 0.3) is 0 Å². The van der Waals surface area contributed by atoms with Crippen molar-refractivity contribution in [1.29, 1.82) is 0 Å². The molecule has 1 aromatic heterocycles. The van der Waals surface area contributed by atoms with E-state index in [1.165, 1.54) is 6.07 Å². The number of aromatic nitrogens is 1. The Bertz CT molecular complexity index is 531. The number of nitrogens with zero attached hydrogens (tertiary/aromatic N) is 1. The first-order valence-corrected chi connectivity index (χ1v) is 6.14. The number of hydrogen-bond donors (Lipinski definition) is 1. The van der Waals surface area contributed by atoms with Crippen LogP contribution in [0.15, 0.2) is 42.7 Å². The number of pyridine rings is 1. The molecule has 1 heterocycles. The lowest BCUT2D eigenvalue weighted by Crippen LogP contribution is -2.21. The van der Waals surface area contributed by atoms with E-state index >= 15 is 0 Å². The molecule has 3 nitrogen and oxygen atoms in total. The summed E-state index contributed by atoms with van der Waals surface area (Å²) >= 11 is 0. The van der Waals surface area contributed by atoms with Gasteiger partial charge in [0.05, 0.1) is 7.11 Å².